The van der Waals surface area contributed by atoms with E-state index in [0.717, 1.165) is 0 Å². The van der Waals surface area contributed by atoms with E-state index in [1.54, 1.807) is 17.3 Å². The SMILES string of the molecule is CC(C)N(CCO)C(=O)n1ccnc1. The smallest absolute Gasteiger partial charge is 0.329 e. The molecule has 1 amide bonds. The molecule has 0 atom stereocenters. The summed E-state index contributed by atoms with van der Waals surface area (Å²) in [4.78, 5) is 17.2. The highest BCUT2D eigenvalue weighted by atomic mass is 16.3. The maximum absolute atomic E-state index is 11.8. The van der Waals surface area contributed by atoms with Crippen molar-refractivity contribution in [2.75, 3.05) is 13.2 Å². The molecule has 0 fully saturated rings. The van der Waals surface area contributed by atoms with Crippen molar-refractivity contribution < 1.29 is 9.90 Å². The number of nitrogens with zero attached hydrogens (tertiary/aromatic N) is 3. The minimum atomic E-state index is -0.161. The Morgan fingerprint density at radius 3 is 2.79 bits per heavy atom. The molecule has 5 nitrogen and oxygen atoms in total. The van der Waals surface area contributed by atoms with E-state index in [2.05, 4.69) is 4.98 Å². The zero-order chi connectivity index (χ0) is 10.6. The van der Waals surface area contributed by atoms with Crippen molar-refractivity contribution in [1.29, 1.82) is 0 Å². The van der Waals surface area contributed by atoms with Crippen LogP contribution in [0.1, 0.15) is 13.8 Å². The van der Waals surface area contributed by atoms with Crippen LogP contribution in [0.5, 0.6) is 0 Å². The molecule has 1 aromatic heterocycles. The van der Waals surface area contributed by atoms with Crippen molar-refractivity contribution in [3.8, 4) is 0 Å². The van der Waals surface area contributed by atoms with E-state index in [1.807, 2.05) is 13.8 Å². The summed E-state index contributed by atoms with van der Waals surface area (Å²) in [5, 5.41) is 8.81. The number of aliphatic hydroxyl groups is 1. The Morgan fingerprint density at radius 2 is 2.36 bits per heavy atom. The van der Waals surface area contributed by atoms with E-state index in [1.165, 1.54) is 10.9 Å². The second-order valence-corrected chi connectivity index (χ2v) is 3.26. The third-order valence-corrected chi connectivity index (χ3v) is 1.94. The lowest BCUT2D eigenvalue weighted by Gasteiger charge is -2.25. The van der Waals surface area contributed by atoms with Crippen molar-refractivity contribution in [2.24, 2.45) is 0 Å². The average molecular weight is 197 g/mol. The lowest BCUT2D eigenvalue weighted by Crippen LogP contribution is -2.41. The topological polar surface area (TPSA) is 58.4 Å². The minimum Gasteiger partial charge on any atom is -0.395 e. The van der Waals surface area contributed by atoms with Crippen LogP contribution < -0.4 is 0 Å². The highest BCUT2D eigenvalue weighted by Crippen LogP contribution is 2.01. The number of rotatable bonds is 3. The van der Waals surface area contributed by atoms with Gasteiger partial charge in [-0.05, 0) is 13.8 Å². The molecule has 0 bridgehead atoms. The standard InChI is InChI=1S/C9H15N3O2/c1-8(2)12(5-6-13)9(14)11-4-3-10-7-11/h3-4,7-8,13H,5-6H2,1-2H3. The van der Waals surface area contributed by atoms with Gasteiger partial charge >= 0.3 is 6.03 Å². The van der Waals surface area contributed by atoms with Gasteiger partial charge in [-0.15, -0.1) is 0 Å². The second-order valence-electron chi connectivity index (χ2n) is 3.26. The number of hydrogen-bond donors (Lipinski definition) is 1. The van der Waals surface area contributed by atoms with Gasteiger partial charge in [0.25, 0.3) is 0 Å². The Bertz CT molecular complexity index is 282. The molecular weight excluding hydrogens is 182 g/mol. The minimum absolute atomic E-state index is 0.0291. The molecule has 0 aliphatic heterocycles. The lowest BCUT2D eigenvalue weighted by molar-refractivity contribution is 0.162. The van der Waals surface area contributed by atoms with E-state index in [0.29, 0.717) is 6.54 Å². The van der Waals surface area contributed by atoms with Crippen LogP contribution in [0.2, 0.25) is 0 Å². The summed E-state index contributed by atoms with van der Waals surface area (Å²) in [7, 11) is 0. The zero-order valence-electron chi connectivity index (χ0n) is 8.42. The highest BCUT2D eigenvalue weighted by molar-refractivity contribution is 5.76. The molecule has 0 saturated heterocycles. The fourth-order valence-electron chi connectivity index (χ4n) is 1.20. The fourth-order valence-corrected chi connectivity index (χ4v) is 1.20. The van der Waals surface area contributed by atoms with Gasteiger partial charge in [-0.3, -0.25) is 4.57 Å². The van der Waals surface area contributed by atoms with E-state index >= 15 is 0 Å². The van der Waals surface area contributed by atoms with E-state index in [4.69, 9.17) is 5.11 Å². The number of imidazole rings is 1. The summed E-state index contributed by atoms with van der Waals surface area (Å²) in [6, 6.07) is -0.0939. The third kappa shape index (κ3) is 2.32. The van der Waals surface area contributed by atoms with Gasteiger partial charge in [0.1, 0.15) is 6.33 Å². The molecule has 0 radical (unpaired) electrons. The van der Waals surface area contributed by atoms with Gasteiger partial charge in [-0.25, -0.2) is 9.78 Å². The monoisotopic (exact) mass is 197 g/mol. The Morgan fingerprint density at radius 1 is 1.64 bits per heavy atom. The first-order valence-corrected chi connectivity index (χ1v) is 4.56. The predicted octanol–water partition coefficient (Wildman–Crippen LogP) is 0.554. The zero-order valence-corrected chi connectivity index (χ0v) is 8.42. The Kier molecular flexibility index (Phi) is 3.64. The number of aliphatic hydroxyl groups excluding tert-OH is 1. The lowest BCUT2D eigenvalue weighted by atomic mass is 10.3. The van der Waals surface area contributed by atoms with Crippen molar-refractivity contribution in [2.45, 2.75) is 19.9 Å². The van der Waals surface area contributed by atoms with Gasteiger partial charge in [-0.1, -0.05) is 0 Å². The number of carbonyl (C=O) groups is 1. The van der Waals surface area contributed by atoms with E-state index < -0.39 is 0 Å². The van der Waals surface area contributed by atoms with E-state index in [-0.39, 0.29) is 18.7 Å². The predicted molar refractivity (Wildman–Crippen MR) is 51.9 cm³/mol. The molecule has 0 aromatic carbocycles. The van der Waals surface area contributed by atoms with Crippen LogP contribution in [-0.4, -0.2) is 44.8 Å². The van der Waals surface area contributed by atoms with E-state index in [9.17, 15) is 4.79 Å². The molecule has 0 aliphatic carbocycles. The molecule has 1 N–H and O–H groups in total. The van der Waals surface area contributed by atoms with Gasteiger partial charge in [0.15, 0.2) is 0 Å². The van der Waals surface area contributed by atoms with Crippen LogP contribution in [0, 0.1) is 0 Å². The van der Waals surface area contributed by atoms with Crippen LogP contribution in [-0.2, 0) is 0 Å². The molecule has 1 aromatic rings. The molecule has 0 saturated carbocycles. The second kappa shape index (κ2) is 4.76. The van der Waals surface area contributed by atoms with Crippen LogP contribution in [0.15, 0.2) is 18.7 Å². The Labute approximate surface area is 83.0 Å². The average Bonchev–Trinajstić information content (AvgIpc) is 2.65. The molecule has 0 aliphatic rings. The Balaban J connectivity index is 2.74. The molecule has 1 rings (SSSR count). The fraction of sp³-hybridized carbons (Fsp3) is 0.556. The van der Waals surface area contributed by atoms with Crippen LogP contribution in [0.4, 0.5) is 4.79 Å². The number of aromatic nitrogens is 2. The number of hydrogen-bond acceptors (Lipinski definition) is 3. The number of amides is 1. The normalized spacial score (nSPS) is 10.6. The van der Waals surface area contributed by atoms with Crippen molar-refractivity contribution in [1.82, 2.24) is 14.5 Å². The number of carbonyl (C=O) groups excluding carboxylic acids is 1. The summed E-state index contributed by atoms with van der Waals surface area (Å²) in [5.41, 5.74) is 0. The van der Waals surface area contributed by atoms with Gasteiger partial charge < -0.3 is 10.0 Å². The molecule has 1 heterocycles. The van der Waals surface area contributed by atoms with Gasteiger partial charge in [-0.2, -0.15) is 0 Å². The van der Waals surface area contributed by atoms with Crippen molar-refractivity contribution in [3.05, 3.63) is 18.7 Å². The molecule has 14 heavy (non-hydrogen) atoms. The van der Waals surface area contributed by atoms with Gasteiger partial charge in [0, 0.05) is 25.0 Å². The largest absolute Gasteiger partial charge is 0.395 e. The first kappa shape index (κ1) is 10.7. The molecular formula is C9H15N3O2. The van der Waals surface area contributed by atoms with Gasteiger partial charge in [0.2, 0.25) is 0 Å². The molecule has 0 spiro atoms. The Hall–Kier alpha value is -1.36. The molecule has 78 valence electrons. The summed E-state index contributed by atoms with van der Waals surface area (Å²) in [6.45, 7) is 4.13. The first-order chi connectivity index (χ1) is 6.66. The third-order valence-electron chi connectivity index (χ3n) is 1.94. The van der Waals surface area contributed by atoms with Crippen LogP contribution in [0.3, 0.4) is 0 Å². The molecule has 0 unspecified atom stereocenters. The van der Waals surface area contributed by atoms with Crippen molar-refractivity contribution >= 4 is 6.03 Å². The summed E-state index contributed by atoms with van der Waals surface area (Å²) in [6.07, 6.45) is 4.60. The summed E-state index contributed by atoms with van der Waals surface area (Å²) in [5.74, 6) is 0. The van der Waals surface area contributed by atoms with Crippen molar-refractivity contribution in [3.63, 3.8) is 0 Å². The summed E-state index contributed by atoms with van der Waals surface area (Å²) < 4.78 is 1.40. The van der Waals surface area contributed by atoms with Gasteiger partial charge in [0.05, 0.1) is 6.61 Å². The highest BCUT2D eigenvalue weighted by Gasteiger charge is 2.17. The summed E-state index contributed by atoms with van der Waals surface area (Å²) >= 11 is 0. The molecule has 5 heteroatoms. The maximum Gasteiger partial charge on any atom is 0.329 e. The van der Waals surface area contributed by atoms with Crippen LogP contribution in [0.25, 0.3) is 0 Å². The quantitative estimate of drug-likeness (QED) is 0.770. The first-order valence-electron chi connectivity index (χ1n) is 4.56. The van der Waals surface area contributed by atoms with Crippen LogP contribution >= 0.6 is 0 Å². The maximum atomic E-state index is 11.8.